The molecule has 0 radical (unpaired) electrons. The maximum absolute atomic E-state index is 13.3. The van der Waals surface area contributed by atoms with Crippen LogP contribution < -0.4 is 0 Å². The SMILES string of the molecule is Cc1ccc(C(=O)c2cncn2C)cc1F. The maximum Gasteiger partial charge on any atom is 0.211 e. The summed E-state index contributed by atoms with van der Waals surface area (Å²) in [5.41, 5.74) is 1.32. The fourth-order valence-corrected chi connectivity index (χ4v) is 1.46. The highest BCUT2D eigenvalue weighted by Gasteiger charge is 2.13. The van der Waals surface area contributed by atoms with Gasteiger partial charge in [0.15, 0.2) is 0 Å². The first kappa shape index (κ1) is 10.5. The lowest BCUT2D eigenvalue weighted by Gasteiger charge is -2.03. The van der Waals surface area contributed by atoms with Gasteiger partial charge in [-0.15, -0.1) is 0 Å². The third-order valence-corrected chi connectivity index (χ3v) is 2.48. The van der Waals surface area contributed by atoms with Gasteiger partial charge in [-0.2, -0.15) is 0 Å². The molecular formula is C12H11FN2O. The Hall–Kier alpha value is -1.97. The van der Waals surface area contributed by atoms with E-state index in [2.05, 4.69) is 4.98 Å². The van der Waals surface area contributed by atoms with Crippen molar-refractivity contribution in [1.29, 1.82) is 0 Å². The normalized spacial score (nSPS) is 10.4. The molecule has 82 valence electrons. The number of ketones is 1. The van der Waals surface area contributed by atoms with E-state index in [9.17, 15) is 9.18 Å². The fourth-order valence-electron chi connectivity index (χ4n) is 1.46. The molecule has 0 aliphatic heterocycles. The van der Waals surface area contributed by atoms with Crippen molar-refractivity contribution in [2.24, 2.45) is 7.05 Å². The second-order valence-corrected chi connectivity index (χ2v) is 3.68. The van der Waals surface area contributed by atoms with Gasteiger partial charge < -0.3 is 4.57 Å². The molecule has 3 nitrogen and oxygen atoms in total. The summed E-state index contributed by atoms with van der Waals surface area (Å²) in [5, 5.41) is 0. The molecule has 1 aromatic carbocycles. The molecule has 0 fully saturated rings. The van der Waals surface area contributed by atoms with Gasteiger partial charge in [0.25, 0.3) is 0 Å². The number of benzene rings is 1. The van der Waals surface area contributed by atoms with Gasteiger partial charge in [-0.1, -0.05) is 12.1 Å². The molecule has 0 N–H and O–H groups in total. The molecule has 0 saturated carbocycles. The maximum atomic E-state index is 13.3. The van der Waals surface area contributed by atoms with Crippen molar-refractivity contribution in [3.63, 3.8) is 0 Å². The molecule has 0 atom stereocenters. The molecule has 1 heterocycles. The summed E-state index contributed by atoms with van der Waals surface area (Å²) in [6.45, 7) is 1.66. The minimum absolute atomic E-state index is 0.223. The van der Waals surface area contributed by atoms with E-state index >= 15 is 0 Å². The van der Waals surface area contributed by atoms with Crippen LogP contribution in [0.15, 0.2) is 30.7 Å². The van der Waals surface area contributed by atoms with Crippen molar-refractivity contribution in [1.82, 2.24) is 9.55 Å². The summed E-state index contributed by atoms with van der Waals surface area (Å²) >= 11 is 0. The molecule has 2 aromatic rings. The zero-order valence-corrected chi connectivity index (χ0v) is 9.07. The number of hydrogen-bond donors (Lipinski definition) is 0. The number of aryl methyl sites for hydroxylation is 2. The molecule has 0 aliphatic rings. The molecule has 0 bridgehead atoms. The van der Waals surface area contributed by atoms with E-state index in [-0.39, 0.29) is 11.6 Å². The van der Waals surface area contributed by atoms with E-state index in [1.807, 2.05) is 0 Å². The van der Waals surface area contributed by atoms with Crippen LogP contribution in [0.1, 0.15) is 21.6 Å². The Kier molecular flexibility index (Phi) is 2.56. The van der Waals surface area contributed by atoms with Crippen molar-refractivity contribution in [3.05, 3.63) is 53.4 Å². The van der Waals surface area contributed by atoms with Crippen LogP contribution in [0, 0.1) is 12.7 Å². The van der Waals surface area contributed by atoms with Crippen molar-refractivity contribution < 1.29 is 9.18 Å². The second kappa shape index (κ2) is 3.89. The van der Waals surface area contributed by atoms with Crippen LogP contribution in [-0.4, -0.2) is 15.3 Å². The number of carbonyl (C=O) groups is 1. The van der Waals surface area contributed by atoms with E-state index in [0.29, 0.717) is 16.8 Å². The van der Waals surface area contributed by atoms with E-state index in [1.165, 1.54) is 18.6 Å². The average Bonchev–Trinajstić information content (AvgIpc) is 2.67. The van der Waals surface area contributed by atoms with Crippen molar-refractivity contribution in [2.45, 2.75) is 6.92 Å². The van der Waals surface area contributed by atoms with Gasteiger partial charge >= 0.3 is 0 Å². The van der Waals surface area contributed by atoms with Crippen molar-refractivity contribution >= 4 is 5.78 Å². The molecule has 0 spiro atoms. The fraction of sp³-hybridized carbons (Fsp3) is 0.167. The zero-order chi connectivity index (χ0) is 11.7. The lowest BCUT2D eigenvalue weighted by atomic mass is 10.1. The van der Waals surface area contributed by atoms with Crippen LogP contribution in [0.5, 0.6) is 0 Å². The largest absolute Gasteiger partial charge is 0.331 e. The molecular weight excluding hydrogens is 207 g/mol. The summed E-state index contributed by atoms with van der Waals surface area (Å²) in [6.07, 6.45) is 3.01. The highest BCUT2D eigenvalue weighted by molar-refractivity contribution is 6.07. The third kappa shape index (κ3) is 1.74. The van der Waals surface area contributed by atoms with Crippen LogP contribution in [0.2, 0.25) is 0 Å². The predicted octanol–water partition coefficient (Wildman–Crippen LogP) is 2.10. The first-order valence-electron chi connectivity index (χ1n) is 4.87. The number of halogens is 1. The molecule has 0 saturated heterocycles. The van der Waals surface area contributed by atoms with E-state index in [4.69, 9.17) is 0 Å². The molecule has 1 aromatic heterocycles. The first-order chi connectivity index (χ1) is 7.59. The van der Waals surface area contributed by atoms with Crippen LogP contribution in [0.3, 0.4) is 0 Å². The van der Waals surface area contributed by atoms with Gasteiger partial charge in [0.05, 0.1) is 12.5 Å². The minimum atomic E-state index is -0.368. The monoisotopic (exact) mass is 218 g/mol. The van der Waals surface area contributed by atoms with E-state index in [1.54, 1.807) is 30.7 Å². The molecule has 0 unspecified atom stereocenters. The van der Waals surface area contributed by atoms with Gasteiger partial charge in [0.1, 0.15) is 11.5 Å². The summed E-state index contributed by atoms with van der Waals surface area (Å²) in [6, 6.07) is 4.47. The highest BCUT2D eigenvalue weighted by atomic mass is 19.1. The van der Waals surface area contributed by atoms with Crippen LogP contribution in [0.25, 0.3) is 0 Å². The Bertz CT molecular complexity index is 546. The van der Waals surface area contributed by atoms with Crippen LogP contribution in [-0.2, 0) is 7.05 Å². The Morgan fingerprint density at radius 3 is 2.75 bits per heavy atom. The summed E-state index contributed by atoms with van der Waals surface area (Å²) in [7, 11) is 1.73. The highest BCUT2D eigenvalue weighted by Crippen LogP contribution is 2.13. The Morgan fingerprint density at radius 2 is 2.19 bits per heavy atom. The predicted molar refractivity (Wildman–Crippen MR) is 57.8 cm³/mol. The molecule has 4 heteroatoms. The first-order valence-corrected chi connectivity index (χ1v) is 4.87. The lowest BCUT2D eigenvalue weighted by Crippen LogP contribution is -2.07. The Morgan fingerprint density at radius 1 is 1.44 bits per heavy atom. The number of imidazole rings is 1. The third-order valence-electron chi connectivity index (χ3n) is 2.48. The van der Waals surface area contributed by atoms with Crippen LogP contribution in [0.4, 0.5) is 4.39 Å². The summed E-state index contributed by atoms with van der Waals surface area (Å²) in [4.78, 5) is 15.8. The summed E-state index contributed by atoms with van der Waals surface area (Å²) < 4.78 is 14.9. The van der Waals surface area contributed by atoms with E-state index < -0.39 is 0 Å². The van der Waals surface area contributed by atoms with E-state index in [0.717, 1.165) is 0 Å². The summed E-state index contributed by atoms with van der Waals surface area (Å²) in [5.74, 6) is -0.591. The molecule has 16 heavy (non-hydrogen) atoms. The lowest BCUT2D eigenvalue weighted by molar-refractivity contribution is 0.103. The molecule has 2 rings (SSSR count). The van der Waals surface area contributed by atoms with Gasteiger partial charge in [-0.05, 0) is 18.6 Å². The van der Waals surface area contributed by atoms with Crippen LogP contribution >= 0.6 is 0 Å². The Labute approximate surface area is 92.5 Å². The van der Waals surface area contributed by atoms with Crippen molar-refractivity contribution in [2.75, 3.05) is 0 Å². The quantitative estimate of drug-likeness (QED) is 0.723. The van der Waals surface area contributed by atoms with Gasteiger partial charge in [-0.3, -0.25) is 4.79 Å². The topological polar surface area (TPSA) is 34.9 Å². The van der Waals surface area contributed by atoms with Crippen molar-refractivity contribution in [3.8, 4) is 0 Å². The number of hydrogen-bond acceptors (Lipinski definition) is 2. The Balaban J connectivity index is 2.42. The minimum Gasteiger partial charge on any atom is -0.331 e. The average molecular weight is 218 g/mol. The number of aromatic nitrogens is 2. The van der Waals surface area contributed by atoms with Gasteiger partial charge in [0, 0.05) is 12.6 Å². The standard InChI is InChI=1S/C12H11FN2O/c1-8-3-4-9(5-10(8)13)12(16)11-6-14-7-15(11)2/h3-7H,1-2H3. The number of carbonyl (C=O) groups excluding carboxylic acids is 1. The van der Waals surface area contributed by atoms with Gasteiger partial charge in [0.2, 0.25) is 5.78 Å². The molecule has 0 amide bonds. The van der Waals surface area contributed by atoms with Gasteiger partial charge in [-0.25, -0.2) is 9.37 Å². The number of rotatable bonds is 2. The second-order valence-electron chi connectivity index (χ2n) is 3.68. The molecule has 0 aliphatic carbocycles. The zero-order valence-electron chi connectivity index (χ0n) is 9.07. The smallest absolute Gasteiger partial charge is 0.211 e. The number of nitrogens with zero attached hydrogens (tertiary/aromatic N) is 2.